The molecular weight excluding hydrogens is 334 g/mol. The van der Waals surface area contributed by atoms with Gasteiger partial charge in [0.05, 0.1) is 23.9 Å². The number of thiocarbonyl (C=S) groups is 1. The lowest BCUT2D eigenvalue weighted by Crippen LogP contribution is -2.41. The van der Waals surface area contributed by atoms with Gasteiger partial charge in [-0.2, -0.15) is 0 Å². The van der Waals surface area contributed by atoms with Gasteiger partial charge in [-0.3, -0.25) is 4.79 Å². The van der Waals surface area contributed by atoms with Gasteiger partial charge in [-0.1, -0.05) is 32.4 Å². The van der Waals surface area contributed by atoms with Gasteiger partial charge >= 0.3 is 0 Å². The third-order valence-corrected chi connectivity index (χ3v) is 3.97. The van der Waals surface area contributed by atoms with Gasteiger partial charge in [0.15, 0.2) is 5.11 Å². The zero-order valence-electron chi connectivity index (χ0n) is 13.6. The van der Waals surface area contributed by atoms with Crippen LogP contribution in [0.5, 0.6) is 0 Å². The first-order valence-corrected chi connectivity index (χ1v) is 8.30. The molecule has 0 unspecified atom stereocenters. The van der Waals surface area contributed by atoms with Crippen LogP contribution in [0.1, 0.15) is 20.8 Å². The van der Waals surface area contributed by atoms with Crippen LogP contribution in [0, 0.1) is 5.41 Å². The Morgan fingerprint density at radius 3 is 2.52 bits per heavy atom. The second kappa shape index (κ2) is 7.47. The summed E-state index contributed by atoms with van der Waals surface area (Å²) >= 11 is 11.5. The summed E-state index contributed by atoms with van der Waals surface area (Å²) in [5, 5.41) is 6.57. The van der Waals surface area contributed by atoms with E-state index in [1.807, 2.05) is 39.0 Å². The fraction of sp³-hybridized carbons (Fsp3) is 0.500. The summed E-state index contributed by atoms with van der Waals surface area (Å²) < 4.78 is 5.35. The van der Waals surface area contributed by atoms with Crippen molar-refractivity contribution in [2.24, 2.45) is 5.41 Å². The van der Waals surface area contributed by atoms with Crippen LogP contribution < -0.4 is 15.5 Å². The molecular formula is C16H22ClN3O2S. The van der Waals surface area contributed by atoms with E-state index < -0.39 is 5.41 Å². The SMILES string of the molecule is CC(C)(C)C(=O)NC(=S)Nc1ccc(N2CCOCC2)c(Cl)c1. The quantitative estimate of drug-likeness (QED) is 0.799. The third-order valence-electron chi connectivity index (χ3n) is 3.47. The molecule has 23 heavy (non-hydrogen) atoms. The molecule has 2 rings (SSSR count). The minimum atomic E-state index is -0.496. The van der Waals surface area contributed by atoms with Crippen molar-refractivity contribution < 1.29 is 9.53 Å². The fourth-order valence-electron chi connectivity index (χ4n) is 2.10. The molecule has 1 saturated heterocycles. The summed E-state index contributed by atoms with van der Waals surface area (Å²) in [5.41, 5.74) is 1.22. The van der Waals surface area contributed by atoms with Crippen LogP contribution in [-0.4, -0.2) is 37.3 Å². The van der Waals surface area contributed by atoms with Crippen LogP contribution >= 0.6 is 23.8 Å². The van der Waals surface area contributed by atoms with Gasteiger partial charge in [-0.15, -0.1) is 0 Å². The Hall–Kier alpha value is -1.37. The minimum absolute atomic E-state index is 0.133. The Morgan fingerprint density at radius 2 is 1.96 bits per heavy atom. The zero-order chi connectivity index (χ0) is 17.0. The summed E-state index contributed by atoms with van der Waals surface area (Å²) in [7, 11) is 0. The summed E-state index contributed by atoms with van der Waals surface area (Å²) in [6, 6.07) is 5.65. The lowest BCUT2D eigenvalue weighted by molar-refractivity contribution is -0.126. The Kier molecular flexibility index (Phi) is 5.84. The molecule has 5 nitrogen and oxygen atoms in total. The molecule has 1 aromatic carbocycles. The van der Waals surface area contributed by atoms with E-state index in [-0.39, 0.29) is 11.0 Å². The topological polar surface area (TPSA) is 53.6 Å². The zero-order valence-corrected chi connectivity index (χ0v) is 15.2. The number of halogens is 1. The van der Waals surface area contributed by atoms with Gasteiger partial charge in [0.1, 0.15) is 0 Å². The number of hydrogen-bond acceptors (Lipinski definition) is 4. The first kappa shape index (κ1) is 18.0. The Morgan fingerprint density at radius 1 is 1.30 bits per heavy atom. The van der Waals surface area contributed by atoms with Crippen molar-refractivity contribution in [3.05, 3.63) is 23.2 Å². The molecule has 2 N–H and O–H groups in total. The average molecular weight is 356 g/mol. The van der Waals surface area contributed by atoms with Crippen molar-refractivity contribution in [3.8, 4) is 0 Å². The van der Waals surface area contributed by atoms with E-state index in [0.717, 1.165) is 24.5 Å². The fourth-order valence-corrected chi connectivity index (χ4v) is 2.61. The van der Waals surface area contributed by atoms with Crippen molar-refractivity contribution in [1.29, 1.82) is 0 Å². The molecule has 126 valence electrons. The van der Waals surface area contributed by atoms with Crippen LogP contribution in [0.2, 0.25) is 5.02 Å². The van der Waals surface area contributed by atoms with Crippen LogP contribution in [0.3, 0.4) is 0 Å². The molecule has 0 aliphatic carbocycles. The predicted octanol–water partition coefficient (Wildman–Crippen LogP) is 3.04. The number of rotatable bonds is 2. The molecule has 1 aliphatic rings. The minimum Gasteiger partial charge on any atom is -0.378 e. The lowest BCUT2D eigenvalue weighted by Gasteiger charge is -2.29. The molecule has 1 fully saturated rings. The van der Waals surface area contributed by atoms with E-state index in [0.29, 0.717) is 18.2 Å². The second-order valence-corrected chi connectivity index (χ2v) is 7.24. The Bertz CT molecular complexity index is 595. The Labute approximate surface area is 147 Å². The molecule has 1 aromatic rings. The van der Waals surface area contributed by atoms with Gasteiger partial charge in [-0.25, -0.2) is 0 Å². The summed E-state index contributed by atoms with van der Waals surface area (Å²) in [6.07, 6.45) is 0. The largest absolute Gasteiger partial charge is 0.378 e. The van der Waals surface area contributed by atoms with Crippen molar-refractivity contribution >= 4 is 46.2 Å². The van der Waals surface area contributed by atoms with Crippen molar-refractivity contribution in [1.82, 2.24) is 5.32 Å². The van der Waals surface area contributed by atoms with E-state index in [1.54, 1.807) is 0 Å². The van der Waals surface area contributed by atoms with Gasteiger partial charge in [0.2, 0.25) is 5.91 Å². The number of nitrogens with zero attached hydrogens (tertiary/aromatic N) is 1. The number of hydrogen-bond donors (Lipinski definition) is 2. The number of ether oxygens (including phenoxy) is 1. The molecule has 7 heteroatoms. The smallest absolute Gasteiger partial charge is 0.231 e. The molecule has 0 atom stereocenters. The van der Waals surface area contributed by atoms with Crippen molar-refractivity contribution in [2.75, 3.05) is 36.5 Å². The van der Waals surface area contributed by atoms with Crippen molar-refractivity contribution in [2.45, 2.75) is 20.8 Å². The molecule has 0 aromatic heterocycles. The second-order valence-electron chi connectivity index (χ2n) is 6.42. The monoisotopic (exact) mass is 355 g/mol. The highest BCUT2D eigenvalue weighted by molar-refractivity contribution is 7.80. The maximum Gasteiger partial charge on any atom is 0.231 e. The molecule has 0 saturated carbocycles. The van der Waals surface area contributed by atoms with Crippen molar-refractivity contribution in [3.63, 3.8) is 0 Å². The van der Waals surface area contributed by atoms with Gasteiger partial charge in [0.25, 0.3) is 0 Å². The Balaban J connectivity index is 2.00. The number of benzene rings is 1. The highest BCUT2D eigenvalue weighted by Crippen LogP contribution is 2.29. The standard InChI is InChI=1S/C16H22ClN3O2S/c1-16(2,3)14(21)19-15(23)18-11-4-5-13(12(17)10-11)20-6-8-22-9-7-20/h4-5,10H,6-9H2,1-3H3,(H2,18,19,21,23). The predicted molar refractivity (Wildman–Crippen MR) is 98.3 cm³/mol. The number of amides is 1. The van der Waals surface area contributed by atoms with E-state index in [9.17, 15) is 4.79 Å². The number of carbonyl (C=O) groups excluding carboxylic acids is 1. The summed E-state index contributed by atoms with van der Waals surface area (Å²) in [4.78, 5) is 14.1. The normalized spacial score (nSPS) is 15.2. The van der Waals surface area contributed by atoms with Crippen LogP contribution in [0.15, 0.2) is 18.2 Å². The van der Waals surface area contributed by atoms with E-state index in [4.69, 9.17) is 28.6 Å². The first-order chi connectivity index (χ1) is 10.8. The van der Waals surface area contributed by atoms with E-state index in [1.165, 1.54) is 0 Å². The molecule has 1 aliphatic heterocycles. The summed E-state index contributed by atoms with van der Waals surface area (Å²) in [6.45, 7) is 8.56. The maximum absolute atomic E-state index is 11.9. The van der Waals surface area contributed by atoms with Gasteiger partial charge in [0, 0.05) is 24.2 Å². The van der Waals surface area contributed by atoms with Gasteiger partial charge in [-0.05, 0) is 30.4 Å². The third kappa shape index (κ3) is 5.06. The lowest BCUT2D eigenvalue weighted by atomic mass is 9.96. The van der Waals surface area contributed by atoms with Crippen LogP contribution in [0.4, 0.5) is 11.4 Å². The van der Waals surface area contributed by atoms with Gasteiger partial charge < -0.3 is 20.3 Å². The number of carbonyl (C=O) groups is 1. The highest BCUT2D eigenvalue weighted by Gasteiger charge is 2.22. The molecule has 0 bridgehead atoms. The molecule has 1 amide bonds. The molecule has 0 spiro atoms. The van der Waals surface area contributed by atoms with E-state index >= 15 is 0 Å². The van der Waals surface area contributed by atoms with Crippen LogP contribution in [-0.2, 0) is 9.53 Å². The summed E-state index contributed by atoms with van der Waals surface area (Å²) in [5.74, 6) is -0.133. The number of anilines is 2. The molecule has 0 radical (unpaired) electrons. The highest BCUT2D eigenvalue weighted by atomic mass is 35.5. The maximum atomic E-state index is 11.9. The average Bonchev–Trinajstić information content (AvgIpc) is 2.47. The molecule has 1 heterocycles. The van der Waals surface area contributed by atoms with Crippen LogP contribution in [0.25, 0.3) is 0 Å². The number of morpholine rings is 1. The first-order valence-electron chi connectivity index (χ1n) is 7.52. The number of nitrogens with one attached hydrogen (secondary N) is 2. The van der Waals surface area contributed by atoms with E-state index in [2.05, 4.69) is 15.5 Å².